The Morgan fingerprint density at radius 1 is 1.14 bits per heavy atom. The normalized spacial score (nSPS) is 20.1. The van der Waals surface area contributed by atoms with Gasteiger partial charge in [0.25, 0.3) is 0 Å². The Hall–Kier alpha value is -2.68. The van der Waals surface area contributed by atoms with Crippen LogP contribution in [0.25, 0.3) is 0 Å². The molecule has 2 atom stereocenters. The van der Waals surface area contributed by atoms with Crippen LogP contribution in [0, 0.1) is 16.7 Å². The van der Waals surface area contributed by atoms with Crippen LogP contribution >= 0.6 is 0 Å². The lowest BCUT2D eigenvalue weighted by Crippen LogP contribution is -2.46. The first-order valence-electron chi connectivity index (χ1n) is 10.0. The van der Waals surface area contributed by atoms with Gasteiger partial charge in [0.1, 0.15) is 0 Å². The highest BCUT2D eigenvalue weighted by Crippen LogP contribution is 2.32. The Morgan fingerprint density at radius 2 is 1.83 bits per heavy atom. The van der Waals surface area contributed by atoms with Crippen molar-refractivity contribution in [3.63, 3.8) is 0 Å². The fourth-order valence-electron chi connectivity index (χ4n) is 3.43. The Labute approximate surface area is 172 Å². The maximum absolute atomic E-state index is 12.3. The zero-order valence-electron chi connectivity index (χ0n) is 17.3. The van der Waals surface area contributed by atoms with Crippen LogP contribution in [0.1, 0.15) is 49.8 Å². The van der Waals surface area contributed by atoms with Crippen LogP contribution in [-0.4, -0.2) is 30.2 Å². The molecule has 2 aromatic carbocycles. The summed E-state index contributed by atoms with van der Waals surface area (Å²) in [5.74, 6) is -0.0423. The maximum atomic E-state index is 12.3. The number of hydrogen-bond donors (Lipinski definition) is 0. The van der Waals surface area contributed by atoms with Crippen LogP contribution < -0.4 is 0 Å². The maximum Gasteiger partial charge on any atom is 0.330 e. The molecular formula is C24H28N2O3. The first-order chi connectivity index (χ1) is 13.9. The molecule has 0 saturated carbocycles. The molecule has 29 heavy (non-hydrogen) atoms. The van der Waals surface area contributed by atoms with Gasteiger partial charge < -0.3 is 9.57 Å². The molecule has 5 heteroatoms. The summed E-state index contributed by atoms with van der Waals surface area (Å²) in [5.41, 5.74) is 2.15. The predicted molar refractivity (Wildman–Crippen MR) is 111 cm³/mol. The lowest BCUT2D eigenvalue weighted by atomic mass is 9.87. The van der Waals surface area contributed by atoms with Crippen molar-refractivity contribution in [2.45, 2.75) is 45.8 Å². The van der Waals surface area contributed by atoms with Gasteiger partial charge >= 0.3 is 5.97 Å². The van der Waals surface area contributed by atoms with E-state index in [2.05, 4.69) is 18.2 Å². The monoisotopic (exact) mass is 392 g/mol. The van der Waals surface area contributed by atoms with Crippen molar-refractivity contribution in [3.05, 3.63) is 71.3 Å². The number of nitrogens with zero attached hydrogens (tertiary/aromatic N) is 2. The largest absolute Gasteiger partial charge is 0.371 e. The number of ether oxygens (including phenoxy) is 1. The highest BCUT2D eigenvalue weighted by atomic mass is 16.7. The standard InChI is InChI=1S/C24H28N2O3/c1-24(2,3)23(27)29-26-14-13-21(18-9-5-4-6-10-18)22(16-26)28-17-20-12-8-7-11-19(20)15-25/h4-12,21-22H,13-14,16-17H2,1-3H3. The molecule has 0 spiro atoms. The zero-order chi connectivity index (χ0) is 20.9. The summed E-state index contributed by atoms with van der Waals surface area (Å²) in [5, 5.41) is 11.0. The van der Waals surface area contributed by atoms with E-state index in [0.717, 1.165) is 12.0 Å². The van der Waals surface area contributed by atoms with Crippen molar-refractivity contribution in [1.29, 1.82) is 5.26 Å². The first-order valence-corrected chi connectivity index (χ1v) is 10.0. The van der Waals surface area contributed by atoms with Crippen molar-refractivity contribution < 1.29 is 14.4 Å². The van der Waals surface area contributed by atoms with Gasteiger partial charge in [-0.25, -0.2) is 4.79 Å². The van der Waals surface area contributed by atoms with Gasteiger partial charge in [0.05, 0.1) is 36.3 Å². The van der Waals surface area contributed by atoms with Crippen molar-refractivity contribution >= 4 is 5.97 Å². The van der Waals surface area contributed by atoms with Crippen LogP contribution in [0.15, 0.2) is 54.6 Å². The third kappa shape index (κ3) is 5.44. The molecule has 0 N–H and O–H groups in total. The number of benzene rings is 2. The van der Waals surface area contributed by atoms with Crippen LogP contribution in [-0.2, 0) is 21.0 Å². The molecule has 1 saturated heterocycles. The Morgan fingerprint density at radius 3 is 2.52 bits per heavy atom. The van der Waals surface area contributed by atoms with Gasteiger partial charge in [0.2, 0.25) is 0 Å². The van der Waals surface area contributed by atoms with Crippen LogP contribution in [0.3, 0.4) is 0 Å². The number of carbonyl (C=O) groups excluding carboxylic acids is 1. The van der Waals surface area contributed by atoms with Crippen molar-refractivity contribution in [2.24, 2.45) is 5.41 Å². The van der Waals surface area contributed by atoms with E-state index >= 15 is 0 Å². The summed E-state index contributed by atoms with van der Waals surface area (Å²) >= 11 is 0. The second kappa shape index (κ2) is 9.21. The quantitative estimate of drug-likeness (QED) is 0.753. The minimum Gasteiger partial charge on any atom is -0.371 e. The van der Waals surface area contributed by atoms with Gasteiger partial charge in [-0.1, -0.05) is 48.5 Å². The Balaban J connectivity index is 1.75. The molecule has 1 fully saturated rings. The van der Waals surface area contributed by atoms with Crippen molar-refractivity contribution in [1.82, 2.24) is 5.06 Å². The van der Waals surface area contributed by atoms with E-state index in [-0.39, 0.29) is 18.0 Å². The molecule has 1 aliphatic heterocycles. The molecule has 2 unspecified atom stereocenters. The molecule has 152 valence electrons. The highest BCUT2D eigenvalue weighted by molar-refractivity contribution is 5.75. The van der Waals surface area contributed by atoms with E-state index in [1.165, 1.54) is 5.56 Å². The smallest absolute Gasteiger partial charge is 0.330 e. The van der Waals surface area contributed by atoms with Gasteiger partial charge in [0.15, 0.2) is 0 Å². The number of piperidine rings is 1. The lowest BCUT2D eigenvalue weighted by Gasteiger charge is -2.38. The van der Waals surface area contributed by atoms with E-state index < -0.39 is 5.41 Å². The van der Waals surface area contributed by atoms with E-state index in [9.17, 15) is 10.1 Å². The SMILES string of the molecule is CC(C)(C)C(=O)ON1CCC(c2ccccc2)C(OCc2ccccc2C#N)C1. The van der Waals surface area contributed by atoms with Gasteiger partial charge in [0, 0.05) is 12.5 Å². The van der Waals surface area contributed by atoms with Gasteiger partial charge in [-0.2, -0.15) is 5.26 Å². The average Bonchev–Trinajstić information content (AvgIpc) is 2.72. The van der Waals surface area contributed by atoms with E-state index in [1.807, 2.05) is 57.2 Å². The number of nitriles is 1. The fourth-order valence-corrected chi connectivity index (χ4v) is 3.43. The summed E-state index contributed by atoms with van der Waals surface area (Å²) in [4.78, 5) is 17.9. The molecule has 0 aliphatic carbocycles. The molecule has 1 heterocycles. The number of rotatable bonds is 5. The van der Waals surface area contributed by atoms with Gasteiger partial charge in [-0.3, -0.25) is 0 Å². The third-order valence-electron chi connectivity index (χ3n) is 5.16. The lowest BCUT2D eigenvalue weighted by molar-refractivity contribution is -0.216. The molecule has 2 aromatic rings. The molecule has 0 bridgehead atoms. The van der Waals surface area contributed by atoms with Gasteiger partial charge in [-0.15, -0.1) is 5.06 Å². The van der Waals surface area contributed by atoms with E-state index in [4.69, 9.17) is 9.57 Å². The fraction of sp³-hybridized carbons (Fsp3) is 0.417. The second-order valence-corrected chi connectivity index (χ2v) is 8.44. The van der Waals surface area contributed by atoms with Crippen LogP contribution in [0.4, 0.5) is 0 Å². The number of hydrogen-bond acceptors (Lipinski definition) is 5. The predicted octanol–water partition coefficient (Wildman–Crippen LogP) is 4.44. The summed E-state index contributed by atoms with van der Waals surface area (Å²) in [7, 11) is 0. The summed E-state index contributed by atoms with van der Waals surface area (Å²) in [6, 6.07) is 20.0. The first kappa shape index (κ1) is 21.0. The van der Waals surface area contributed by atoms with Crippen LogP contribution in [0.2, 0.25) is 0 Å². The Kier molecular flexibility index (Phi) is 6.68. The summed E-state index contributed by atoms with van der Waals surface area (Å²) < 4.78 is 6.29. The van der Waals surface area contributed by atoms with Crippen LogP contribution in [0.5, 0.6) is 0 Å². The molecule has 1 aliphatic rings. The van der Waals surface area contributed by atoms with Crippen molar-refractivity contribution in [2.75, 3.05) is 13.1 Å². The topological polar surface area (TPSA) is 62.6 Å². The van der Waals surface area contributed by atoms with Gasteiger partial charge in [-0.05, 0) is 44.4 Å². The van der Waals surface area contributed by atoms with Crippen molar-refractivity contribution in [3.8, 4) is 6.07 Å². The number of carbonyl (C=O) groups is 1. The van der Waals surface area contributed by atoms with E-state index in [1.54, 1.807) is 11.1 Å². The minimum absolute atomic E-state index is 0.148. The molecule has 5 nitrogen and oxygen atoms in total. The highest BCUT2D eigenvalue weighted by Gasteiger charge is 2.35. The minimum atomic E-state index is -0.557. The molecule has 3 rings (SSSR count). The molecule has 0 amide bonds. The molecule has 0 aromatic heterocycles. The summed E-state index contributed by atoms with van der Waals surface area (Å²) in [6.45, 7) is 7.04. The summed E-state index contributed by atoms with van der Waals surface area (Å²) in [6.07, 6.45) is 0.678. The molecular weight excluding hydrogens is 364 g/mol. The Bertz CT molecular complexity index is 868. The van der Waals surface area contributed by atoms with E-state index in [0.29, 0.717) is 25.3 Å². The zero-order valence-corrected chi connectivity index (χ0v) is 17.3. The second-order valence-electron chi connectivity index (χ2n) is 8.44. The third-order valence-corrected chi connectivity index (χ3v) is 5.16. The average molecular weight is 392 g/mol. The number of hydroxylamine groups is 2. The molecule has 0 radical (unpaired) electrons.